The van der Waals surface area contributed by atoms with Gasteiger partial charge in [-0.15, -0.1) is 0 Å². The summed E-state index contributed by atoms with van der Waals surface area (Å²) in [7, 11) is 0. The van der Waals surface area contributed by atoms with Crippen LogP contribution in [-0.4, -0.2) is 33.0 Å². The van der Waals surface area contributed by atoms with Crippen LogP contribution in [0.15, 0.2) is 36.7 Å². The highest BCUT2D eigenvalue weighted by molar-refractivity contribution is 5.78. The molecule has 0 spiro atoms. The summed E-state index contributed by atoms with van der Waals surface area (Å²) in [6, 6.07) is 8.37. The molecular formula is C17H19N5O. The second-order valence-corrected chi connectivity index (χ2v) is 5.81. The fourth-order valence-corrected chi connectivity index (χ4v) is 3.00. The van der Waals surface area contributed by atoms with Gasteiger partial charge in [-0.05, 0) is 25.8 Å². The molecule has 3 heterocycles. The third-order valence-corrected chi connectivity index (χ3v) is 4.32. The van der Waals surface area contributed by atoms with Crippen molar-refractivity contribution in [2.75, 3.05) is 18.5 Å². The molecule has 23 heavy (non-hydrogen) atoms. The minimum Gasteiger partial charge on any atom is -0.381 e. The molecule has 0 amide bonds. The SMILES string of the molecule is Cc1c(Nc2ncc3ccccc3n2)cnn1C1CCOCC1. The Hall–Kier alpha value is -2.47. The summed E-state index contributed by atoms with van der Waals surface area (Å²) in [5.41, 5.74) is 2.99. The van der Waals surface area contributed by atoms with Crippen LogP contribution in [0.4, 0.5) is 11.6 Å². The van der Waals surface area contributed by atoms with Gasteiger partial charge in [0.1, 0.15) is 0 Å². The van der Waals surface area contributed by atoms with Gasteiger partial charge in [-0.2, -0.15) is 5.10 Å². The van der Waals surface area contributed by atoms with E-state index in [1.807, 2.05) is 36.7 Å². The summed E-state index contributed by atoms with van der Waals surface area (Å²) in [6.45, 7) is 3.69. The van der Waals surface area contributed by atoms with Gasteiger partial charge < -0.3 is 10.1 Å². The van der Waals surface area contributed by atoms with Crippen LogP contribution in [0.1, 0.15) is 24.6 Å². The van der Waals surface area contributed by atoms with Crippen molar-refractivity contribution < 1.29 is 4.74 Å². The van der Waals surface area contributed by atoms with Crippen molar-refractivity contribution in [3.05, 3.63) is 42.4 Å². The number of nitrogens with zero attached hydrogens (tertiary/aromatic N) is 4. The Balaban J connectivity index is 1.59. The van der Waals surface area contributed by atoms with E-state index in [-0.39, 0.29) is 0 Å². The molecule has 6 heteroatoms. The zero-order valence-corrected chi connectivity index (χ0v) is 13.1. The number of nitrogens with one attached hydrogen (secondary N) is 1. The summed E-state index contributed by atoms with van der Waals surface area (Å²) in [4.78, 5) is 8.94. The lowest BCUT2D eigenvalue weighted by molar-refractivity contribution is 0.0657. The van der Waals surface area contributed by atoms with Crippen LogP contribution < -0.4 is 5.32 Å². The maximum Gasteiger partial charge on any atom is 0.227 e. The Kier molecular flexibility index (Phi) is 3.67. The molecule has 3 aromatic rings. The zero-order chi connectivity index (χ0) is 15.6. The Morgan fingerprint density at radius 3 is 2.87 bits per heavy atom. The molecule has 0 bridgehead atoms. The molecule has 6 nitrogen and oxygen atoms in total. The van der Waals surface area contributed by atoms with Gasteiger partial charge in [0.25, 0.3) is 0 Å². The molecule has 0 aliphatic carbocycles. The first-order chi connectivity index (χ1) is 11.3. The molecule has 4 rings (SSSR count). The Bertz CT molecular complexity index is 823. The second-order valence-electron chi connectivity index (χ2n) is 5.81. The molecule has 0 radical (unpaired) electrons. The number of anilines is 2. The number of hydrogen-bond acceptors (Lipinski definition) is 5. The first-order valence-electron chi connectivity index (χ1n) is 7.92. The highest BCUT2D eigenvalue weighted by atomic mass is 16.5. The van der Waals surface area contributed by atoms with Crippen molar-refractivity contribution in [2.45, 2.75) is 25.8 Å². The molecule has 1 aliphatic heterocycles. The molecule has 1 aliphatic rings. The average Bonchev–Trinajstić information content (AvgIpc) is 2.96. The normalized spacial score (nSPS) is 15.9. The number of para-hydroxylation sites is 1. The molecule has 2 aromatic heterocycles. The fraction of sp³-hybridized carbons (Fsp3) is 0.353. The van der Waals surface area contributed by atoms with Crippen LogP contribution >= 0.6 is 0 Å². The quantitative estimate of drug-likeness (QED) is 0.804. The van der Waals surface area contributed by atoms with Crippen LogP contribution in [0.5, 0.6) is 0 Å². The first-order valence-corrected chi connectivity index (χ1v) is 7.92. The Labute approximate surface area is 134 Å². The highest BCUT2D eigenvalue weighted by Crippen LogP contribution is 2.26. The average molecular weight is 309 g/mol. The number of benzene rings is 1. The number of aromatic nitrogens is 4. The van der Waals surface area contributed by atoms with Gasteiger partial charge in [0.15, 0.2) is 0 Å². The maximum atomic E-state index is 5.43. The number of hydrogen-bond donors (Lipinski definition) is 1. The van der Waals surface area contributed by atoms with E-state index in [9.17, 15) is 0 Å². The number of ether oxygens (including phenoxy) is 1. The lowest BCUT2D eigenvalue weighted by atomic mass is 10.1. The van der Waals surface area contributed by atoms with Crippen LogP contribution in [0, 0.1) is 6.92 Å². The molecule has 1 saturated heterocycles. The van der Waals surface area contributed by atoms with Gasteiger partial charge in [0.05, 0.1) is 29.1 Å². The standard InChI is InChI=1S/C17H19N5O/c1-12-16(11-19-22(12)14-6-8-23-9-7-14)21-17-18-10-13-4-2-3-5-15(13)20-17/h2-5,10-11,14H,6-9H2,1H3,(H,18,20,21). The maximum absolute atomic E-state index is 5.43. The van der Waals surface area contributed by atoms with Gasteiger partial charge in [-0.1, -0.05) is 18.2 Å². The minimum atomic E-state index is 0.414. The van der Waals surface area contributed by atoms with E-state index in [4.69, 9.17) is 4.74 Å². The van der Waals surface area contributed by atoms with Crippen LogP contribution in [0.25, 0.3) is 10.9 Å². The van der Waals surface area contributed by atoms with Crippen LogP contribution in [0.2, 0.25) is 0 Å². The molecule has 118 valence electrons. The zero-order valence-electron chi connectivity index (χ0n) is 13.1. The molecule has 1 N–H and O–H groups in total. The monoisotopic (exact) mass is 309 g/mol. The van der Waals surface area contributed by atoms with Crippen molar-refractivity contribution in [3.8, 4) is 0 Å². The molecular weight excluding hydrogens is 290 g/mol. The molecule has 0 atom stereocenters. The lowest BCUT2D eigenvalue weighted by Gasteiger charge is -2.23. The van der Waals surface area contributed by atoms with Gasteiger partial charge in [-0.25, -0.2) is 9.97 Å². The number of fused-ring (bicyclic) bond motifs is 1. The second kappa shape index (κ2) is 5.96. The fourth-order valence-electron chi connectivity index (χ4n) is 3.00. The summed E-state index contributed by atoms with van der Waals surface area (Å²) < 4.78 is 7.52. The van der Waals surface area contributed by atoms with E-state index < -0.39 is 0 Å². The topological polar surface area (TPSA) is 64.9 Å². The lowest BCUT2D eigenvalue weighted by Crippen LogP contribution is -2.21. The van der Waals surface area contributed by atoms with E-state index in [1.165, 1.54) is 0 Å². The largest absolute Gasteiger partial charge is 0.381 e. The van der Waals surface area contributed by atoms with Gasteiger partial charge in [0, 0.05) is 24.8 Å². The van der Waals surface area contributed by atoms with Crippen molar-refractivity contribution in [3.63, 3.8) is 0 Å². The predicted molar refractivity (Wildman–Crippen MR) is 88.9 cm³/mol. The van der Waals surface area contributed by atoms with E-state index >= 15 is 0 Å². The van der Waals surface area contributed by atoms with Crippen molar-refractivity contribution in [1.29, 1.82) is 0 Å². The summed E-state index contributed by atoms with van der Waals surface area (Å²) >= 11 is 0. The first kappa shape index (κ1) is 14.1. The summed E-state index contributed by atoms with van der Waals surface area (Å²) in [6.07, 6.45) is 5.70. The van der Waals surface area contributed by atoms with Gasteiger partial charge in [0.2, 0.25) is 5.95 Å². The molecule has 0 unspecified atom stereocenters. The molecule has 0 saturated carbocycles. The van der Waals surface area contributed by atoms with E-state index in [2.05, 4.69) is 32.0 Å². The highest BCUT2D eigenvalue weighted by Gasteiger charge is 2.19. The van der Waals surface area contributed by atoms with Crippen molar-refractivity contribution in [1.82, 2.24) is 19.7 Å². The third-order valence-electron chi connectivity index (χ3n) is 4.32. The summed E-state index contributed by atoms with van der Waals surface area (Å²) in [5.74, 6) is 0.596. The van der Waals surface area contributed by atoms with E-state index in [1.54, 1.807) is 0 Å². The van der Waals surface area contributed by atoms with Gasteiger partial charge >= 0.3 is 0 Å². The smallest absolute Gasteiger partial charge is 0.227 e. The third kappa shape index (κ3) is 2.77. The molecule has 1 aromatic carbocycles. The van der Waals surface area contributed by atoms with Crippen molar-refractivity contribution in [2.24, 2.45) is 0 Å². The van der Waals surface area contributed by atoms with Crippen LogP contribution in [0.3, 0.4) is 0 Å². The van der Waals surface area contributed by atoms with Gasteiger partial charge in [-0.3, -0.25) is 4.68 Å². The Morgan fingerprint density at radius 1 is 1.17 bits per heavy atom. The predicted octanol–water partition coefficient (Wildman–Crippen LogP) is 3.23. The van der Waals surface area contributed by atoms with E-state index in [0.717, 1.165) is 48.3 Å². The van der Waals surface area contributed by atoms with Crippen LogP contribution in [-0.2, 0) is 4.74 Å². The minimum absolute atomic E-state index is 0.414. The van der Waals surface area contributed by atoms with Crippen molar-refractivity contribution >= 4 is 22.5 Å². The molecule has 1 fully saturated rings. The summed E-state index contributed by atoms with van der Waals surface area (Å²) in [5, 5.41) is 8.86. The van der Waals surface area contributed by atoms with E-state index in [0.29, 0.717) is 12.0 Å². The Morgan fingerprint density at radius 2 is 2.00 bits per heavy atom. The number of rotatable bonds is 3.